The minimum atomic E-state index is -0.572. The standard InChI is InChI=1S/C27H31ClN4O3/c1-26(2,3)35-25(34)30-18-27(20-5-4-6-21(28)17-20)13-9-22(10-14-27)32-24(33)8-7-23(31-32)19-11-15-29-16-12-19/h4-8,11-12,15-17,22H,9-10,13-14,18H2,1-3H3,(H,30,34). The van der Waals surface area contributed by atoms with Gasteiger partial charge in [-0.3, -0.25) is 9.78 Å². The molecule has 0 spiro atoms. The maximum atomic E-state index is 12.7. The van der Waals surface area contributed by atoms with E-state index in [0.29, 0.717) is 11.6 Å². The second kappa shape index (κ2) is 10.2. The highest BCUT2D eigenvalue weighted by molar-refractivity contribution is 6.30. The van der Waals surface area contributed by atoms with Crippen LogP contribution >= 0.6 is 11.6 Å². The number of hydrogen-bond donors (Lipinski definition) is 1. The van der Waals surface area contributed by atoms with Gasteiger partial charge in [0.2, 0.25) is 0 Å². The molecule has 1 aliphatic carbocycles. The molecular formula is C27H31ClN4O3. The first-order chi connectivity index (χ1) is 16.7. The lowest BCUT2D eigenvalue weighted by atomic mass is 9.68. The Hall–Kier alpha value is -3.19. The third-order valence-corrected chi connectivity index (χ3v) is 6.70. The molecule has 0 bridgehead atoms. The zero-order valence-corrected chi connectivity index (χ0v) is 21.1. The molecule has 35 heavy (non-hydrogen) atoms. The van der Waals surface area contributed by atoms with E-state index in [9.17, 15) is 9.59 Å². The van der Waals surface area contributed by atoms with E-state index in [1.165, 1.54) is 0 Å². The Kier molecular flexibility index (Phi) is 7.26. The van der Waals surface area contributed by atoms with E-state index in [-0.39, 0.29) is 17.0 Å². The van der Waals surface area contributed by atoms with Crippen molar-refractivity contribution < 1.29 is 9.53 Å². The van der Waals surface area contributed by atoms with Crippen molar-refractivity contribution in [3.63, 3.8) is 0 Å². The summed E-state index contributed by atoms with van der Waals surface area (Å²) in [6, 6.07) is 14.9. The molecule has 7 nitrogen and oxygen atoms in total. The third kappa shape index (κ3) is 6.09. The molecule has 0 aliphatic heterocycles. The number of alkyl carbamates (subject to hydrolysis) is 1. The molecule has 1 fully saturated rings. The Morgan fingerprint density at radius 1 is 1.14 bits per heavy atom. The first-order valence-corrected chi connectivity index (χ1v) is 12.3. The number of hydrogen-bond acceptors (Lipinski definition) is 5. The lowest BCUT2D eigenvalue weighted by Gasteiger charge is -2.41. The van der Waals surface area contributed by atoms with Crippen LogP contribution < -0.4 is 10.9 Å². The Bertz CT molecular complexity index is 1230. The van der Waals surface area contributed by atoms with Gasteiger partial charge in [-0.1, -0.05) is 23.7 Å². The van der Waals surface area contributed by atoms with Crippen molar-refractivity contribution in [3.05, 3.63) is 81.9 Å². The van der Waals surface area contributed by atoms with Crippen LogP contribution in [0.5, 0.6) is 0 Å². The lowest BCUT2D eigenvalue weighted by Crippen LogP contribution is -2.45. The van der Waals surface area contributed by atoms with Crippen LogP contribution in [-0.4, -0.2) is 33.0 Å². The van der Waals surface area contributed by atoms with Crippen molar-refractivity contribution >= 4 is 17.7 Å². The molecule has 1 aromatic carbocycles. The molecule has 0 radical (unpaired) electrons. The van der Waals surface area contributed by atoms with Crippen molar-refractivity contribution in [1.29, 1.82) is 0 Å². The second-order valence-corrected chi connectivity index (χ2v) is 10.6. The summed E-state index contributed by atoms with van der Waals surface area (Å²) in [7, 11) is 0. The van der Waals surface area contributed by atoms with Gasteiger partial charge in [-0.2, -0.15) is 5.10 Å². The molecule has 0 saturated heterocycles. The van der Waals surface area contributed by atoms with Crippen LogP contribution in [0.2, 0.25) is 5.02 Å². The zero-order chi connectivity index (χ0) is 25.1. The molecule has 1 saturated carbocycles. The van der Waals surface area contributed by atoms with E-state index in [4.69, 9.17) is 16.3 Å². The van der Waals surface area contributed by atoms with Gasteiger partial charge in [0.05, 0.1) is 11.7 Å². The van der Waals surface area contributed by atoms with Gasteiger partial charge in [-0.05, 0) is 82.3 Å². The number of nitrogens with zero attached hydrogens (tertiary/aromatic N) is 3. The van der Waals surface area contributed by atoms with Crippen LogP contribution in [0.15, 0.2) is 65.7 Å². The number of carbonyl (C=O) groups excluding carboxylic acids is 1. The maximum absolute atomic E-state index is 12.7. The van der Waals surface area contributed by atoms with Gasteiger partial charge in [0, 0.05) is 41.0 Å². The van der Waals surface area contributed by atoms with Gasteiger partial charge in [0.25, 0.3) is 5.56 Å². The second-order valence-electron chi connectivity index (χ2n) is 10.1. The highest BCUT2D eigenvalue weighted by Gasteiger charge is 2.38. The fraction of sp³-hybridized carbons (Fsp3) is 0.407. The summed E-state index contributed by atoms with van der Waals surface area (Å²) in [5.41, 5.74) is 1.73. The van der Waals surface area contributed by atoms with Gasteiger partial charge >= 0.3 is 6.09 Å². The van der Waals surface area contributed by atoms with E-state index in [0.717, 1.165) is 42.5 Å². The number of aromatic nitrogens is 3. The van der Waals surface area contributed by atoms with Crippen LogP contribution in [0.4, 0.5) is 4.79 Å². The number of nitrogens with one attached hydrogen (secondary N) is 1. The van der Waals surface area contributed by atoms with Crippen molar-refractivity contribution in [2.75, 3.05) is 6.54 Å². The topological polar surface area (TPSA) is 86.1 Å². The Labute approximate surface area is 210 Å². The van der Waals surface area contributed by atoms with Crippen LogP contribution in [0.3, 0.4) is 0 Å². The summed E-state index contributed by atoms with van der Waals surface area (Å²) in [5.74, 6) is 0. The SMILES string of the molecule is CC(C)(C)OC(=O)NCC1(c2cccc(Cl)c2)CCC(n2nc(-c3ccncc3)ccc2=O)CC1. The summed E-state index contributed by atoms with van der Waals surface area (Å²) in [5, 5.41) is 8.31. The summed E-state index contributed by atoms with van der Waals surface area (Å²) in [6.45, 7) is 5.95. The average molecular weight is 495 g/mol. The summed E-state index contributed by atoms with van der Waals surface area (Å²) in [4.78, 5) is 29.2. The third-order valence-electron chi connectivity index (χ3n) is 6.47. The molecule has 1 N–H and O–H groups in total. The first kappa shape index (κ1) is 24.9. The summed E-state index contributed by atoms with van der Waals surface area (Å²) < 4.78 is 7.07. The predicted octanol–water partition coefficient (Wildman–Crippen LogP) is 5.54. The van der Waals surface area contributed by atoms with Crippen LogP contribution in [0, 0.1) is 0 Å². The molecular weight excluding hydrogens is 464 g/mol. The summed E-state index contributed by atoms with van der Waals surface area (Å²) >= 11 is 6.32. The molecule has 184 valence electrons. The number of amides is 1. The van der Waals surface area contributed by atoms with Crippen LogP contribution in [-0.2, 0) is 10.2 Å². The first-order valence-electron chi connectivity index (χ1n) is 11.9. The quantitative estimate of drug-likeness (QED) is 0.503. The van der Waals surface area contributed by atoms with E-state index < -0.39 is 11.7 Å². The minimum Gasteiger partial charge on any atom is -0.444 e. The smallest absolute Gasteiger partial charge is 0.407 e. The van der Waals surface area contributed by atoms with E-state index >= 15 is 0 Å². The van der Waals surface area contributed by atoms with Gasteiger partial charge in [0.1, 0.15) is 5.60 Å². The number of ether oxygens (including phenoxy) is 1. The van der Waals surface area contributed by atoms with Crippen molar-refractivity contribution in [1.82, 2.24) is 20.1 Å². The monoisotopic (exact) mass is 494 g/mol. The van der Waals surface area contributed by atoms with Gasteiger partial charge < -0.3 is 10.1 Å². The molecule has 3 aromatic rings. The number of halogens is 1. The van der Waals surface area contributed by atoms with Gasteiger partial charge in [0.15, 0.2) is 0 Å². The lowest BCUT2D eigenvalue weighted by molar-refractivity contribution is 0.0504. The van der Waals surface area contributed by atoms with Crippen molar-refractivity contribution in [2.24, 2.45) is 0 Å². The molecule has 0 atom stereocenters. The van der Waals surface area contributed by atoms with E-state index in [1.54, 1.807) is 29.2 Å². The fourth-order valence-corrected chi connectivity index (χ4v) is 4.89. The highest BCUT2D eigenvalue weighted by atomic mass is 35.5. The number of pyridine rings is 1. The highest BCUT2D eigenvalue weighted by Crippen LogP contribution is 2.43. The average Bonchev–Trinajstić information content (AvgIpc) is 2.83. The maximum Gasteiger partial charge on any atom is 0.407 e. The van der Waals surface area contributed by atoms with E-state index in [2.05, 4.69) is 21.5 Å². The number of carbonyl (C=O) groups is 1. The molecule has 2 heterocycles. The van der Waals surface area contributed by atoms with Crippen LogP contribution in [0.25, 0.3) is 11.3 Å². The fourth-order valence-electron chi connectivity index (χ4n) is 4.70. The van der Waals surface area contributed by atoms with Crippen molar-refractivity contribution in [3.8, 4) is 11.3 Å². The summed E-state index contributed by atoms with van der Waals surface area (Å²) in [6.07, 6.45) is 6.01. The predicted molar refractivity (Wildman–Crippen MR) is 137 cm³/mol. The number of benzene rings is 1. The molecule has 1 amide bonds. The Balaban J connectivity index is 1.56. The Morgan fingerprint density at radius 2 is 1.86 bits per heavy atom. The normalized spacial score (nSPS) is 20.3. The van der Waals surface area contributed by atoms with Crippen LogP contribution in [0.1, 0.15) is 58.1 Å². The molecule has 4 rings (SSSR count). The minimum absolute atomic E-state index is 0.0295. The largest absolute Gasteiger partial charge is 0.444 e. The Morgan fingerprint density at radius 3 is 2.51 bits per heavy atom. The van der Waals surface area contributed by atoms with E-state index in [1.807, 2.05) is 51.1 Å². The number of rotatable bonds is 5. The molecule has 1 aliphatic rings. The molecule has 8 heteroatoms. The van der Waals surface area contributed by atoms with Gasteiger partial charge in [-0.25, -0.2) is 9.48 Å². The zero-order valence-electron chi connectivity index (χ0n) is 20.3. The van der Waals surface area contributed by atoms with Crippen molar-refractivity contribution in [2.45, 2.75) is 63.5 Å². The van der Waals surface area contributed by atoms with Gasteiger partial charge in [-0.15, -0.1) is 0 Å². The molecule has 2 aromatic heterocycles. The molecule has 0 unspecified atom stereocenters.